The normalized spacial score (nSPS) is 19.6. The summed E-state index contributed by atoms with van der Waals surface area (Å²) in [6.07, 6.45) is 5.17. The van der Waals surface area contributed by atoms with Gasteiger partial charge in [0, 0.05) is 25.7 Å². The molecular weight excluding hydrogens is 219 g/mol. The first-order valence-corrected chi connectivity index (χ1v) is 4.55. The smallest absolute Gasteiger partial charge is 0.0239 e. The van der Waals surface area contributed by atoms with Gasteiger partial charge in [-0.15, -0.1) is 38.0 Å². The molecular formula is C10H20Cl2N2. The minimum atomic E-state index is 0. The van der Waals surface area contributed by atoms with E-state index in [1.807, 2.05) is 12.2 Å². The lowest BCUT2D eigenvalue weighted by Gasteiger charge is -2.25. The molecule has 0 bridgehead atoms. The van der Waals surface area contributed by atoms with E-state index in [2.05, 4.69) is 23.4 Å². The molecule has 2 nitrogen and oxygen atoms in total. The van der Waals surface area contributed by atoms with Gasteiger partial charge in [0.25, 0.3) is 0 Å². The van der Waals surface area contributed by atoms with Crippen LogP contribution < -0.4 is 5.32 Å². The highest BCUT2D eigenvalue weighted by Gasteiger charge is 2.19. The van der Waals surface area contributed by atoms with E-state index in [0.717, 1.165) is 26.2 Å². The molecule has 0 aromatic carbocycles. The van der Waals surface area contributed by atoms with Crippen molar-refractivity contribution in [3.63, 3.8) is 0 Å². The lowest BCUT2D eigenvalue weighted by Crippen LogP contribution is -2.36. The van der Waals surface area contributed by atoms with Crippen LogP contribution in [-0.4, -0.2) is 37.1 Å². The van der Waals surface area contributed by atoms with Crippen molar-refractivity contribution in [3.8, 4) is 0 Å². The molecule has 1 atom stereocenters. The van der Waals surface area contributed by atoms with E-state index in [-0.39, 0.29) is 24.8 Å². The highest BCUT2D eigenvalue weighted by atomic mass is 35.5. The Balaban J connectivity index is 0. The van der Waals surface area contributed by atoms with E-state index >= 15 is 0 Å². The Labute approximate surface area is 99.3 Å². The Morgan fingerprint density at radius 2 is 1.79 bits per heavy atom. The molecule has 0 aromatic heterocycles. The summed E-state index contributed by atoms with van der Waals surface area (Å²) in [5.41, 5.74) is 0. The van der Waals surface area contributed by atoms with Crippen LogP contribution in [0.25, 0.3) is 0 Å². The lowest BCUT2D eigenvalue weighted by molar-refractivity contribution is 0.256. The van der Waals surface area contributed by atoms with Crippen LogP contribution in [0.15, 0.2) is 25.3 Å². The first-order valence-electron chi connectivity index (χ1n) is 4.55. The van der Waals surface area contributed by atoms with Crippen LogP contribution in [-0.2, 0) is 0 Å². The Morgan fingerprint density at radius 3 is 2.14 bits per heavy atom. The summed E-state index contributed by atoms with van der Waals surface area (Å²) in [7, 11) is 0. The van der Waals surface area contributed by atoms with Crippen molar-refractivity contribution in [1.82, 2.24) is 10.2 Å². The quantitative estimate of drug-likeness (QED) is 0.737. The zero-order valence-corrected chi connectivity index (χ0v) is 10.1. The fourth-order valence-electron chi connectivity index (χ4n) is 1.66. The molecule has 0 radical (unpaired) electrons. The van der Waals surface area contributed by atoms with E-state index in [1.165, 1.54) is 6.42 Å². The second-order valence-corrected chi connectivity index (χ2v) is 3.18. The minimum absolute atomic E-state index is 0. The Bertz CT molecular complexity index is 146. The van der Waals surface area contributed by atoms with Gasteiger partial charge in [0.2, 0.25) is 0 Å². The molecule has 1 aliphatic rings. The predicted octanol–water partition coefficient (Wildman–Crippen LogP) is 1.87. The average molecular weight is 239 g/mol. The maximum Gasteiger partial charge on any atom is 0.0239 e. The van der Waals surface area contributed by atoms with E-state index < -0.39 is 0 Å². The molecule has 14 heavy (non-hydrogen) atoms. The van der Waals surface area contributed by atoms with Crippen LogP contribution in [0.4, 0.5) is 0 Å². The SMILES string of the molecule is C=CCN(CC=C)C1CCNC1.Cl.Cl. The van der Waals surface area contributed by atoms with Crippen molar-refractivity contribution in [2.75, 3.05) is 26.2 Å². The molecule has 0 aromatic rings. The standard InChI is InChI=1S/C10H18N2.2ClH/c1-3-7-12(8-4-2)10-5-6-11-9-10;;/h3-4,10-11H,1-2,5-9H2;2*1H. The third-order valence-electron chi connectivity index (χ3n) is 2.28. The van der Waals surface area contributed by atoms with Crippen LogP contribution in [0, 0.1) is 0 Å². The lowest BCUT2D eigenvalue weighted by atomic mass is 10.2. The van der Waals surface area contributed by atoms with Crippen LogP contribution in [0.2, 0.25) is 0 Å². The van der Waals surface area contributed by atoms with Gasteiger partial charge in [0.15, 0.2) is 0 Å². The Kier molecular flexibility index (Phi) is 11.2. The van der Waals surface area contributed by atoms with Crippen molar-refractivity contribution in [2.24, 2.45) is 0 Å². The zero-order valence-electron chi connectivity index (χ0n) is 8.45. The molecule has 1 rings (SSSR count). The number of hydrogen-bond acceptors (Lipinski definition) is 2. The number of nitrogens with one attached hydrogen (secondary N) is 1. The third-order valence-corrected chi connectivity index (χ3v) is 2.28. The second-order valence-electron chi connectivity index (χ2n) is 3.18. The van der Waals surface area contributed by atoms with Crippen LogP contribution >= 0.6 is 24.8 Å². The van der Waals surface area contributed by atoms with Gasteiger partial charge in [-0.2, -0.15) is 0 Å². The zero-order chi connectivity index (χ0) is 8.81. The molecule has 1 fully saturated rings. The summed E-state index contributed by atoms with van der Waals surface area (Å²) < 4.78 is 0. The van der Waals surface area contributed by atoms with Crippen molar-refractivity contribution in [2.45, 2.75) is 12.5 Å². The fraction of sp³-hybridized carbons (Fsp3) is 0.600. The van der Waals surface area contributed by atoms with E-state index in [4.69, 9.17) is 0 Å². The van der Waals surface area contributed by atoms with Crippen LogP contribution in [0.3, 0.4) is 0 Å². The topological polar surface area (TPSA) is 15.3 Å². The Hall–Kier alpha value is -0.0200. The van der Waals surface area contributed by atoms with Gasteiger partial charge in [-0.1, -0.05) is 12.2 Å². The highest BCUT2D eigenvalue weighted by molar-refractivity contribution is 5.85. The van der Waals surface area contributed by atoms with Gasteiger partial charge >= 0.3 is 0 Å². The molecule has 1 aliphatic heterocycles. The van der Waals surface area contributed by atoms with Gasteiger partial charge in [-0.3, -0.25) is 4.90 Å². The highest BCUT2D eigenvalue weighted by Crippen LogP contribution is 2.07. The van der Waals surface area contributed by atoms with Gasteiger partial charge in [0.05, 0.1) is 0 Å². The van der Waals surface area contributed by atoms with E-state index in [9.17, 15) is 0 Å². The van der Waals surface area contributed by atoms with Crippen LogP contribution in [0.1, 0.15) is 6.42 Å². The number of nitrogens with zero attached hydrogens (tertiary/aromatic N) is 1. The summed E-state index contributed by atoms with van der Waals surface area (Å²) in [5.74, 6) is 0. The molecule has 1 N–H and O–H groups in total. The first-order chi connectivity index (χ1) is 5.88. The number of rotatable bonds is 5. The molecule has 1 heterocycles. The maximum atomic E-state index is 3.76. The van der Waals surface area contributed by atoms with Crippen molar-refractivity contribution < 1.29 is 0 Å². The molecule has 1 unspecified atom stereocenters. The molecule has 0 amide bonds. The second kappa shape index (κ2) is 9.53. The van der Waals surface area contributed by atoms with Crippen molar-refractivity contribution >= 4 is 24.8 Å². The fourth-order valence-corrected chi connectivity index (χ4v) is 1.66. The summed E-state index contributed by atoms with van der Waals surface area (Å²) in [6, 6.07) is 0.681. The van der Waals surface area contributed by atoms with Gasteiger partial charge in [-0.25, -0.2) is 0 Å². The summed E-state index contributed by atoms with van der Waals surface area (Å²) in [4.78, 5) is 2.40. The predicted molar refractivity (Wildman–Crippen MR) is 67.7 cm³/mol. The average Bonchev–Trinajstić information content (AvgIpc) is 2.56. The van der Waals surface area contributed by atoms with Gasteiger partial charge in [0.1, 0.15) is 0 Å². The van der Waals surface area contributed by atoms with Gasteiger partial charge in [-0.05, 0) is 13.0 Å². The first kappa shape index (κ1) is 16.4. The summed E-state index contributed by atoms with van der Waals surface area (Å²) >= 11 is 0. The van der Waals surface area contributed by atoms with Crippen molar-refractivity contribution in [3.05, 3.63) is 25.3 Å². The van der Waals surface area contributed by atoms with E-state index in [1.54, 1.807) is 0 Å². The van der Waals surface area contributed by atoms with Crippen molar-refractivity contribution in [1.29, 1.82) is 0 Å². The van der Waals surface area contributed by atoms with E-state index in [0.29, 0.717) is 6.04 Å². The van der Waals surface area contributed by atoms with Crippen LogP contribution in [0.5, 0.6) is 0 Å². The largest absolute Gasteiger partial charge is 0.315 e. The molecule has 0 aliphatic carbocycles. The maximum absolute atomic E-state index is 3.76. The summed E-state index contributed by atoms with van der Waals surface area (Å²) in [6.45, 7) is 11.7. The molecule has 1 saturated heterocycles. The molecule has 0 saturated carbocycles. The molecule has 4 heteroatoms. The third kappa shape index (κ3) is 5.01. The monoisotopic (exact) mass is 238 g/mol. The van der Waals surface area contributed by atoms with Gasteiger partial charge < -0.3 is 5.32 Å². The number of halogens is 2. The minimum Gasteiger partial charge on any atom is -0.315 e. The Morgan fingerprint density at radius 1 is 1.21 bits per heavy atom. The molecule has 0 spiro atoms. The number of hydrogen-bond donors (Lipinski definition) is 1. The summed E-state index contributed by atoms with van der Waals surface area (Å²) in [5, 5.41) is 3.36. The molecule has 84 valence electrons.